The predicted molar refractivity (Wildman–Crippen MR) is 94.7 cm³/mol. The highest BCUT2D eigenvalue weighted by Gasteiger charge is 2.15. The van der Waals surface area contributed by atoms with Gasteiger partial charge in [0, 0.05) is 17.2 Å². The van der Waals surface area contributed by atoms with Crippen LogP contribution in [0.4, 0.5) is 0 Å². The van der Waals surface area contributed by atoms with Crippen LogP contribution < -0.4 is 0 Å². The molecule has 0 aromatic heterocycles. The second-order valence-electron chi connectivity index (χ2n) is 6.71. The lowest BCUT2D eigenvalue weighted by Crippen LogP contribution is -2.13. The van der Waals surface area contributed by atoms with E-state index in [4.69, 9.17) is 4.99 Å². The Labute approximate surface area is 128 Å². The second-order valence-corrected chi connectivity index (χ2v) is 15.9. The van der Waals surface area contributed by atoms with E-state index in [1.54, 1.807) is 0 Å². The van der Waals surface area contributed by atoms with Crippen LogP contribution >= 0.6 is 11.2 Å². The van der Waals surface area contributed by atoms with Gasteiger partial charge in [-0.25, -0.2) is 0 Å². The summed E-state index contributed by atoms with van der Waals surface area (Å²) in [6, 6.07) is 9.42. The Morgan fingerprint density at radius 2 is 1.80 bits per heavy atom. The van der Waals surface area contributed by atoms with Gasteiger partial charge in [0.15, 0.2) is 0 Å². The lowest BCUT2D eigenvalue weighted by Gasteiger charge is -2.15. The van der Waals surface area contributed by atoms with E-state index < -0.39 is 7.22 Å². The molecule has 2 rings (SSSR count). The highest BCUT2D eigenvalue weighted by Crippen LogP contribution is 2.29. The molecule has 3 heteroatoms. The van der Waals surface area contributed by atoms with Gasteiger partial charge in [0.05, 0.1) is 0 Å². The Morgan fingerprint density at radius 1 is 1.10 bits per heavy atom. The van der Waals surface area contributed by atoms with Crippen LogP contribution in [0.1, 0.15) is 44.1 Å². The van der Waals surface area contributed by atoms with Gasteiger partial charge >= 0.3 is 0 Å². The van der Waals surface area contributed by atoms with Gasteiger partial charge in [-0.05, 0) is 30.5 Å². The smallest absolute Gasteiger partial charge is 0.114 e. The summed E-state index contributed by atoms with van der Waals surface area (Å²) in [6.07, 6.45) is 10.2. The van der Waals surface area contributed by atoms with Crippen molar-refractivity contribution in [2.24, 2.45) is 4.99 Å². The minimum atomic E-state index is -1.11. The molecule has 0 atom stereocenters. The van der Waals surface area contributed by atoms with Crippen LogP contribution in [0.2, 0.25) is 19.6 Å². The highest BCUT2D eigenvalue weighted by molar-refractivity contribution is 8.28. The molecule has 1 saturated carbocycles. The molecule has 0 saturated heterocycles. The maximum atomic E-state index is 4.83. The summed E-state index contributed by atoms with van der Waals surface area (Å²) < 4.78 is 0. The molecule has 1 nitrogen and oxygen atoms in total. The first-order valence-electron chi connectivity index (χ1n) is 7.85. The SMILES string of the molecule is C[Si](C)(C)Sc1cccc(/C=N\C2CCCCCC2)c1. The summed E-state index contributed by atoms with van der Waals surface area (Å²) in [6.45, 7) is 7.18. The second kappa shape index (κ2) is 7.46. The number of aliphatic imine (C=N–C) groups is 1. The van der Waals surface area contributed by atoms with Gasteiger partial charge < -0.3 is 0 Å². The van der Waals surface area contributed by atoms with Crippen molar-refractivity contribution in [3.63, 3.8) is 0 Å². The Balaban J connectivity index is 1.99. The molecule has 1 aliphatic rings. The Morgan fingerprint density at radius 3 is 2.45 bits per heavy atom. The van der Waals surface area contributed by atoms with E-state index in [-0.39, 0.29) is 0 Å². The van der Waals surface area contributed by atoms with Gasteiger partial charge in [0.25, 0.3) is 0 Å². The van der Waals surface area contributed by atoms with Gasteiger partial charge in [-0.3, -0.25) is 4.99 Å². The number of hydrogen-bond donors (Lipinski definition) is 0. The average Bonchev–Trinajstić information content (AvgIpc) is 2.63. The summed E-state index contributed by atoms with van der Waals surface area (Å²) in [5, 5.41) is 0. The lowest BCUT2D eigenvalue weighted by molar-refractivity contribution is 0.588. The van der Waals surface area contributed by atoms with E-state index in [0.29, 0.717) is 6.04 Å². The van der Waals surface area contributed by atoms with E-state index in [9.17, 15) is 0 Å². The standard InChI is InChI=1S/C17H27NSSi/c1-20(2,3)19-17-12-8-9-15(13-17)14-18-16-10-6-4-5-7-11-16/h8-9,12-14,16H,4-7,10-11H2,1-3H3/b18-14-. The quantitative estimate of drug-likeness (QED) is 0.391. The summed E-state index contributed by atoms with van der Waals surface area (Å²) in [5.74, 6) is 0. The van der Waals surface area contributed by atoms with Crippen molar-refractivity contribution in [2.45, 2.75) is 69.1 Å². The fourth-order valence-corrected chi connectivity index (χ4v) is 6.16. The molecule has 0 radical (unpaired) electrons. The Bertz CT molecular complexity index is 443. The van der Waals surface area contributed by atoms with Crippen molar-refractivity contribution in [1.82, 2.24) is 0 Å². The van der Waals surface area contributed by atoms with Crippen molar-refractivity contribution < 1.29 is 0 Å². The van der Waals surface area contributed by atoms with Gasteiger partial charge in [0.2, 0.25) is 0 Å². The largest absolute Gasteiger partial charge is 0.289 e. The zero-order chi connectivity index (χ0) is 14.4. The molecule has 0 amide bonds. The number of nitrogens with zero attached hydrogens (tertiary/aromatic N) is 1. The van der Waals surface area contributed by atoms with Crippen molar-refractivity contribution in [2.75, 3.05) is 0 Å². The molecule has 0 bridgehead atoms. The zero-order valence-electron chi connectivity index (χ0n) is 13.1. The predicted octanol–water partition coefficient (Wildman–Crippen LogP) is 5.76. The number of hydrogen-bond acceptors (Lipinski definition) is 2. The van der Waals surface area contributed by atoms with E-state index >= 15 is 0 Å². The molecular formula is C17H27NSSi. The van der Waals surface area contributed by atoms with Crippen LogP contribution in [0.3, 0.4) is 0 Å². The van der Waals surface area contributed by atoms with Crippen LogP contribution in [-0.4, -0.2) is 19.5 Å². The lowest BCUT2D eigenvalue weighted by atomic mass is 10.1. The first-order valence-corrected chi connectivity index (χ1v) is 12.9. The van der Waals surface area contributed by atoms with Crippen LogP contribution in [-0.2, 0) is 0 Å². The molecule has 1 aromatic carbocycles. The molecule has 0 aliphatic heterocycles. The third-order valence-corrected chi connectivity index (χ3v) is 7.19. The third-order valence-electron chi connectivity index (χ3n) is 3.54. The van der Waals surface area contributed by atoms with Crippen LogP contribution in [0.25, 0.3) is 0 Å². The van der Waals surface area contributed by atoms with Crippen molar-refractivity contribution >= 4 is 24.6 Å². The first-order chi connectivity index (χ1) is 9.53. The molecule has 1 aliphatic carbocycles. The number of rotatable bonds is 4. The molecule has 1 aromatic rings. The van der Waals surface area contributed by atoms with Crippen LogP contribution in [0, 0.1) is 0 Å². The number of benzene rings is 1. The Kier molecular flexibility index (Phi) is 5.91. The summed E-state index contributed by atoms with van der Waals surface area (Å²) in [4.78, 5) is 6.23. The van der Waals surface area contributed by atoms with Crippen molar-refractivity contribution in [3.8, 4) is 0 Å². The van der Waals surface area contributed by atoms with Gasteiger partial charge in [-0.15, -0.1) is 0 Å². The molecule has 0 heterocycles. The van der Waals surface area contributed by atoms with Crippen molar-refractivity contribution in [3.05, 3.63) is 29.8 Å². The molecule has 0 spiro atoms. The van der Waals surface area contributed by atoms with Gasteiger partial charge in [-0.1, -0.05) is 57.5 Å². The average molecular weight is 306 g/mol. The molecule has 1 fully saturated rings. The fourth-order valence-electron chi connectivity index (χ4n) is 2.61. The summed E-state index contributed by atoms with van der Waals surface area (Å²) in [7, 11) is -1.11. The summed E-state index contributed by atoms with van der Waals surface area (Å²) in [5.41, 5.74) is 1.26. The fraction of sp³-hybridized carbons (Fsp3) is 0.588. The molecule has 0 N–H and O–H groups in total. The van der Waals surface area contributed by atoms with Crippen molar-refractivity contribution in [1.29, 1.82) is 0 Å². The van der Waals surface area contributed by atoms with Crippen LogP contribution in [0.5, 0.6) is 0 Å². The molecule has 110 valence electrons. The van der Waals surface area contributed by atoms with E-state index in [1.807, 2.05) is 0 Å². The molecule has 0 unspecified atom stereocenters. The van der Waals surface area contributed by atoms with Gasteiger partial charge in [-0.2, -0.15) is 11.2 Å². The van der Waals surface area contributed by atoms with E-state index in [0.717, 1.165) is 0 Å². The molecule has 20 heavy (non-hydrogen) atoms. The summed E-state index contributed by atoms with van der Waals surface area (Å²) >= 11 is 2.06. The van der Waals surface area contributed by atoms with Gasteiger partial charge in [0.1, 0.15) is 7.22 Å². The topological polar surface area (TPSA) is 12.4 Å². The minimum Gasteiger partial charge on any atom is -0.289 e. The highest BCUT2D eigenvalue weighted by atomic mass is 32.4. The van der Waals surface area contributed by atoms with E-state index in [2.05, 4.69) is 61.3 Å². The zero-order valence-corrected chi connectivity index (χ0v) is 14.9. The normalized spacial score (nSPS) is 18.4. The maximum Gasteiger partial charge on any atom is 0.114 e. The maximum absolute atomic E-state index is 4.83. The molecular weight excluding hydrogens is 278 g/mol. The van der Waals surface area contributed by atoms with E-state index in [1.165, 1.54) is 49.0 Å². The van der Waals surface area contributed by atoms with Crippen LogP contribution in [0.15, 0.2) is 34.2 Å². The first kappa shape index (κ1) is 15.8. The Hall–Kier alpha value is -0.543. The monoisotopic (exact) mass is 305 g/mol. The third kappa shape index (κ3) is 5.84. The minimum absolute atomic E-state index is 0.561.